The molecule has 0 aliphatic rings. The minimum absolute atomic E-state index is 0.148. The van der Waals surface area contributed by atoms with E-state index >= 15 is 0 Å². The maximum atomic E-state index is 12.5. The highest BCUT2D eigenvalue weighted by Crippen LogP contribution is 2.17. The molecule has 140 valence electrons. The Hall–Kier alpha value is -2.38. The van der Waals surface area contributed by atoms with Gasteiger partial charge < -0.3 is 9.47 Å². The zero-order chi connectivity index (χ0) is 19.0. The number of hydrogen-bond donors (Lipinski definition) is 1. The fraction of sp³-hybridized carbons (Fsp3) is 0.316. The molecule has 2 aromatic carbocycles. The molecule has 0 saturated carbocycles. The Morgan fingerprint density at radius 1 is 1.08 bits per heavy atom. The molecule has 6 nitrogen and oxygen atoms in total. The highest BCUT2D eigenvalue weighted by atomic mass is 32.2. The molecule has 2 aromatic rings. The molecule has 0 fully saturated rings. The van der Waals surface area contributed by atoms with Gasteiger partial charge in [0.15, 0.2) is 6.61 Å². The van der Waals surface area contributed by atoms with E-state index in [0.29, 0.717) is 12.2 Å². The quantitative estimate of drug-likeness (QED) is 0.679. The van der Waals surface area contributed by atoms with E-state index in [-0.39, 0.29) is 17.5 Å². The second-order valence-corrected chi connectivity index (χ2v) is 7.60. The fourth-order valence-electron chi connectivity index (χ4n) is 2.34. The summed E-state index contributed by atoms with van der Waals surface area (Å²) >= 11 is 0. The predicted octanol–water partition coefficient (Wildman–Crippen LogP) is 2.54. The SMILES string of the molecule is COC(=O)COc1ccc(S(=O)(=O)N[C@@H](C)CCc2ccccc2)cc1. The lowest BCUT2D eigenvalue weighted by atomic mass is 10.1. The van der Waals surface area contributed by atoms with E-state index in [1.165, 1.54) is 36.9 Å². The zero-order valence-electron chi connectivity index (χ0n) is 14.8. The Morgan fingerprint density at radius 3 is 2.35 bits per heavy atom. The molecular formula is C19H23NO5S. The number of benzene rings is 2. The van der Waals surface area contributed by atoms with Crippen LogP contribution in [-0.4, -0.2) is 34.1 Å². The first kappa shape index (κ1) is 19.9. The van der Waals surface area contributed by atoms with Crippen LogP contribution in [-0.2, 0) is 26.0 Å². The van der Waals surface area contributed by atoms with E-state index in [1.54, 1.807) is 0 Å². The molecule has 0 saturated heterocycles. The van der Waals surface area contributed by atoms with Gasteiger partial charge in [0.25, 0.3) is 0 Å². The minimum atomic E-state index is -3.61. The third-order valence-electron chi connectivity index (χ3n) is 3.78. The Kier molecular flexibility index (Phi) is 7.17. The molecule has 1 atom stereocenters. The van der Waals surface area contributed by atoms with Crippen LogP contribution in [0.1, 0.15) is 18.9 Å². The Bertz CT molecular complexity index is 804. The highest BCUT2D eigenvalue weighted by molar-refractivity contribution is 7.89. The van der Waals surface area contributed by atoms with E-state index in [0.717, 1.165) is 6.42 Å². The van der Waals surface area contributed by atoms with E-state index in [9.17, 15) is 13.2 Å². The fourth-order valence-corrected chi connectivity index (χ4v) is 3.61. The molecule has 0 spiro atoms. The summed E-state index contributed by atoms with van der Waals surface area (Å²) in [6.07, 6.45) is 1.49. The molecule has 1 N–H and O–H groups in total. The average Bonchev–Trinajstić information content (AvgIpc) is 2.65. The predicted molar refractivity (Wildman–Crippen MR) is 98.5 cm³/mol. The maximum Gasteiger partial charge on any atom is 0.343 e. The summed E-state index contributed by atoms with van der Waals surface area (Å²) in [6.45, 7) is 1.62. The molecule has 0 amide bonds. The second kappa shape index (κ2) is 9.35. The van der Waals surface area contributed by atoms with Crippen molar-refractivity contribution in [1.29, 1.82) is 0 Å². The Balaban J connectivity index is 1.90. The molecule has 0 bridgehead atoms. The van der Waals surface area contributed by atoms with Gasteiger partial charge in [0.2, 0.25) is 10.0 Å². The van der Waals surface area contributed by atoms with Crippen LogP contribution in [0.2, 0.25) is 0 Å². The molecule has 0 aromatic heterocycles. The van der Waals surface area contributed by atoms with Crippen molar-refractivity contribution < 1.29 is 22.7 Å². The van der Waals surface area contributed by atoms with Crippen molar-refractivity contribution in [3.63, 3.8) is 0 Å². The number of nitrogens with one attached hydrogen (secondary N) is 1. The van der Waals surface area contributed by atoms with Gasteiger partial charge in [-0.3, -0.25) is 0 Å². The smallest absolute Gasteiger partial charge is 0.343 e. The number of esters is 1. The minimum Gasteiger partial charge on any atom is -0.482 e. The first-order chi connectivity index (χ1) is 12.4. The third-order valence-corrected chi connectivity index (χ3v) is 5.39. The van der Waals surface area contributed by atoms with E-state index in [4.69, 9.17) is 4.74 Å². The first-order valence-electron chi connectivity index (χ1n) is 8.26. The summed E-state index contributed by atoms with van der Waals surface area (Å²) in [6, 6.07) is 15.6. The standard InChI is InChI=1S/C19H23NO5S/c1-15(8-9-16-6-4-3-5-7-16)20-26(22,23)18-12-10-17(11-13-18)25-14-19(21)24-2/h3-7,10-13,15,20H,8-9,14H2,1-2H3/t15-/m0/s1. The van der Waals surface area contributed by atoms with Gasteiger partial charge in [0.05, 0.1) is 12.0 Å². The molecule has 0 radical (unpaired) electrons. The van der Waals surface area contributed by atoms with E-state index in [1.807, 2.05) is 37.3 Å². The van der Waals surface area contributed by atoms with Crippen LogP contribution in [0.15, 0.2) is 59.5 Å². The molecular weight excluding hydrogens is 354 g/mol. The number of carbonyl (C=O) groups excluding carboxylic acids is 1. The number of rotatable bonds is 9. The maximum absolute atomic E-state index is 12.5. The lowest BCUT2D eigenvalue weighted by Crippen LogP contribution is -2.32. The summed E-state index contributed by atoms with van der Waals surface area (Å²) in [5.74, 6) is -0.109. The first-order valence-corrected chi connectivity index (χ1v) is 9.75. The van der Waals surface area contributed by atoms with Crippen LogP contribution in [0.3, 0.4) is 0 Å². The Labute approximate surface area is 154 Å². The van der Waals surface area contributed by atoms with E-state index in [2.05, 4.69) is 9.46 Å². The van der Waals surface area contributed by atoms with Crippen molar-refractivity contribution in [3.8, 4) is 5.75 Å². The highest BCUT2D eigenvalue weighted by Gasteiger charge is 2.17. The lowest BCUT2D eigenvalue weighted by Gasteiger charge is -2.14. The van der Waals surface area contributed by atoms with Gasteiger partial charge in [0.1, 0.15) is 5.75 Å². The van der Waals surface area contributed by atoms with Gasteiger partial charge in [-0.25, -0.2) is 17.9 Å². The summed E-state index contributed by atoms with van der Waals surface area (Å²) in [7, 11) is -2.34. The zero-order valence-corrected chi connectivity index (χ0v) is 15.7. The number of aryl methyl sites for hydroxylation is 1. The third kappa shape index (κ3) is 6.16. The summed E-state index contributed by atoms with van der Waals surface area (Å²) < 4.78 is 37.3. The van der Waals surface area contributed by atoms with Gasteiger partial charge in [-0.2, -0.15) is 0 Å². The van der Waals surface area contributed by atoms with E-state index < -0.39 is 16.0 Å². The van der Waals surface area contributed by atoms with Crippen molar-refractivity contribution in [2.45, 2.75) is 30.7 Å². The largest absolute Gasteiger partial charge is 0.482 e. The number of carbonyl (C=O) groups is 1. The van der Waals surface area contributed by atoms with Gasteiger partial charge in [0, 0.05) is 6.04 Å². The van der Waals surface area contributed by atoms with Crippen molar-refractivity contribution in [3.05, 3.63) is 60.2 Å². The average molecular weight is 377 g/mol. The topological polar surface area (TPSA) is 81.7 Å². The van der Waals surface area contributed by atoms with Crippen LogP contribution in [0.25, 0.3) is 0 Å². The van der Waals surface area contributed by atoms with Crippen LogP contribution >= 0.6 is 0 Å². The van der Waals surface area contributed by atoms with Crippen molar-refractivity contribution in [2.75, 3.05) is 13.7 Å². The van der Waals surface area contributed by atoms with Crippen molar-refractivity contribution >= 4 is 16.0 Å². The number of ether oxygens (including phenoxy) is 2. The molecule has 0 unspecified atom stereocenters. The molecule has 7 heteroatoms. The Morgan fingerprint density at radius 2 is 1.73 bits per heavy atom. The molecule has 0 aliphatic heterocycles. The van der Waals surface area contributed by atoms with Crippen LogP contribution in [0, 0.1) is 0 Å². The van der Waals surface area contributed by atoms with Crippen molar-refractivity contribution in [2.24, 2.45) is 0 Å². The van der Waals surface area contributed by atoms with Gasteiger partial charge in [-0.15, -0.1) is 0 Å². The van der Waals surface area contributed by atoms with Crippen LogP contribution < -0.4 is 9.46 Å². The number of methoxy groups -OCH3 is 1. The second-order valence-electron chi connectivity index (χ2n) is 5.88. The summed E-state index contributed by atoms with van der Waals surface area (Å²) in [5.41, 5.74) is 1.17. The number of sulfonamides is 1. The summed E-state index contributed by atoms with van der Waals surface area (Å²) in [4.78, 5) is 11.2. The van der Waals surface area contributed by atoms with Crippen molar-refractivity contribution in [1.82, 2.24) is 4.72 Å². The van der Waals surface area contributed by atoms with Gasteiger partial charge in [-0.05, 0) is 49.6 Å². The summed E-state index contributed by atoms with van der Waals surface area (Å²) in [5, 5.41) is 0. The normalized spacial score (nSPS) is 12.4. The molecule has 0 heterocycles. The number of hydrogen-bond acceptors (Lipinski definition) is 5. The lowest BCUT2D eigenvalue weighted by molar-refractivity contribution is -0.142. The van der Waals surface area contributed by atoms with Crippen LogP contribution in [0.5, 0.6) is 5.75 Å². The van der Waals surface area contributed by atoms with Gasteiger partial charge >= 0.3 is 5.97 Å². The molecule has 2 rings (SSSR count). The molecule has 26 heavy (non-hydrogen) atoms. The van der Waals surface area contributed by atoms with Crippen LogP contribution in [0.4, 0.5) is 0 Å². The van der Waals surface area contributed by atoms with Gasteiger partial charge in [-0.1, -0.05) is 30.3 Å². The molecule has 0 aliphatic carbocycles. The monoisotopic (exact) mass is 377 g/mol.